The zero-order valence-electron chi connectivity index (χ0n) is 9.11. The number of non-ortho nitro benzene ring substituents is 1. The Morgan fingerprint density at radius 2 is 2.12 bits per heavy atom. The first-order valence-corrected chi connectivity index (χ1v) is 4.99. The molecule has 0 spiro atoms. The van der Waals surface area contributed by atoms with Crippen molar-refractivity contribution in [3.05, 3.63) is 33.9 Å². The van der Waals surface area contributed by atoms with Gasteiger partial charge >= 0.3 is 0 Å². The van der Waals surface area contributed by atoms with Crippen LogP contribution < -0.4 is 5.32 Å². The summed E-state index contributed by atoms with van der Waals surface area (Å²) in [7, 11) is 0. The maximum absolute atomic E-state index is 11.8. The van der Waals surface area contributed by atoms with Crippen LogP contribution >= 0.6 is 0 Å². The van der Waals surface area contributed by atoms with Crippen LogP contribution in [0.4, 0.5) is 11.4 Å². The number of hydrogen-bond acceptors (Lipinski definition) is 4. The number of fused-ring (bicyclic) bond motifs is 1. The Morgan fingerprint density at radius 1 is 1.44 bits per heavy atom. The molecule has 0 saturated carbocycles. The molecule has 0 aromatic heterocycles. The Kier molecular flexibility index (Phi) is 2.18. The summed E-state index contributed by atoms with van der Waals surface area (Å²) in [5.41, 5.74) is 0.733. The molecule has 1 aromatic rings. The summed E-state index contributed by atoms with van der Waals surface area (Å²) >= 11 is 0. The molecule has 1 aliphatic rings. The lowest BCUT2D eigenvalue weighted by Gasteiger charge is -2.32. The van der Waals surface area contributed by atoms with Crippen LogP contribution in [0.5, 0.6) is 0 Å². The van der Waals surface area contributed by atoms with Gasteiger partial charge in [0.05, 0.1) is 10.6 Å². The third kappa shape index (κ3) is 1.76. The average Bonchev–Trinajstić information content (AvgIpc) is 2.14. The Morgan fingerprint density at radius 3 is 2.75 bits per heavy atom. The number of nitrogens with one attached hydrogen (secondary N) is 1. The van der Waals surface area contributed by atoms with Gasteiger partial charge in [-0.25, -0.2) is 0 Å². The van der Waals surface area contributed by atoms with E-state index in [1.54, 1.807) is 0 Å². The normalized spacial score (nSPS) is 17.5. The van der Waals surface area contributed by atoms with Crippen molar-refractivity contribution < 1.29 is 9.72 Å². The van der Waals surface area contributed by atoms with Crippen LogP contribution in [0.2, 0.25) is 0 Å². The maximum Gasteiger partial charge on any atom is 0.271 e. The van der Waals surface area contributed by atoms with Gasteiger partial charge in [-0.2, -0.15) is 0 Å². The average molecular weight is 220 g/mol. The molecule has 0 radical (unpaired) electrons. The van der Waals surface area contributed by atoms with Crippen molar-refractivity contribution >= 4 is 17.2 Å². The largest absolute Gasteiger partial charge is 0.379 e. The molecular weight excluding hydrogens is 208 g/mol. The van der Waals surface area contributed by atoms with Crippen molar-refractivity contribution in [3.8, 4) is 0 Å². The van der Waals surface area contributed by atoms with Crippen LogP contribution in [0.1, 0.15) is 30.6 Å². The SMILES string of the molecule is CC1(C)CC(=O)c2ccc([N+](=O)[O-])cc2N1. The Bertz CT molecular complexity index is 480. The number of carbonyl (C=O) groups excluding carboxylic acids is 1. The van der Waals surface area contributed by atoms with Gasteiger partial charge in [0.25, 0.3) is 5.69 Å². The summed E-state index contributed by atoms with van der Waals surface area (Å²) in [5, 5.41) is 13.8. The molecule has 0 aliphatic carbocycles. The fourth-order valence-electron chi connectivity index (χ4n) is 1.90. The fourth-order valence-corrected chi connectivity index (χ4v) is 1.90. The van der Waals surface area contributed by atoms with E-state index in [0.29, 0.717) is 17.7 Å². The molecular formula is C11H12N2O3. The lowest BCUT2D eigenvalue weighted by molar-refractivity contribution is -0.384. The number of hydrogen-bond donors (Lipinski definition) is 1. The fraction of sp³-hybridized carbons (Fsp3) is 0.364. The number of nitrogens with zero attached hydrogens (tertiary/aromatic N) is 1. The highest BCUT2D eigenvalue weighted by Gasteiger charge is 2.30. The molecule has 5 nitrogen and oxygen atoms in total. The van der Waals surface area contributed by atoms with Gasteiger partial charge in [0.1, 0.15) is 0 Å². The van der Waals surface area contributed by atoms with E-state index in [2.05, 4.69) is 5.32 Å². The quantitative estimate of drug-likeness (QED) is 0.582. The lowest BCUT2D eigenvalue weighted by Crippen LogP contribution is -2.38. The van der Waals surface area contributed by atoms with E-state index >= 15 is 0 Å². The number of nitro benzene ring substituents is 1. The molecule has 84 valence electrons. The molecule has 1 aliphatic heterocycles. The van der Waals surface area contributed by atoms with Crippen molar-refractivity contribution in [2.24, 2.45) is 0 Å². The van der Waals surface area contributed by atoms with Gasteiger partial charge in [-0.3, -0.25) is 14.9 Å². The minimum atomic E-state index is -0.464. The Hall–Kier alpha value is -1.91. The number of carbonyl (C=O) groups is 1. The molecule has 0 unspecified atom stereocenters. The van der Waals surface area contributed by atoms with Crippen LogP contribution in [0.25, 0.3) is 0 Å². The van der Waals surface area contributed by atoms with Crippen LogP contribution in [0.15, 0.2) is 18.2 Å². The number of benzene rings is 1. The van der Waals surface area contributed by atoms with Crippen LogP contribution in [0, 0.1) is 10.1 Å². The third-order valence-electron chi connectivity index (χ3n) is 2.59. The number of Topliss-reactive ketones (excluding diaryl/α,β-unsaturated/α-hetero) is 1. The van der Waals surface area contributed by atoms with Gasteiger partial charge in [-0.1, -0.05) is 0 Å². The van der Waals surface area contributed by atoms with Crippen LogP contribution in [-0.4, -0.2) is 16.2 Å². The van der Waals surface area contributed by atoms with E-state index < -0.39 is 4.92 Å². The topological polar surface area (TPSA) is 72.2 Å². The van der Waals surface area contributed by atoms with Gasteiger partial charge in [0.15, 0.2) is 5.78 Å². The van der Waals surface area contributed by atoms with Crippen molar-refractivity contribution in [2.75, 3.05) is 5.32 Å². The number of nitro groups is 1. The van der Waals surface area contributed by atoms with E-state index in [9.17, 15) is 14.9 Å². The van der Waals surface area contributed by atoms with Crippen molar-refractivity contribution in [2.45, 2.75) is 25.8 Å². The van der Waals surface area contributed by atoms with E-state index in [-0.39, 0.29) is 17.0 Å². The smallest absolute Gasteiger partial charge is 0.271 e. The van der Waals surface area contributed by atoms with Crippen molar-refractivity contribution in [3.63, 3.8) is 0 Å². The summed E-state index contributed by atoms with van der Waals surface area (Å²) in [5.74, 6) is 0.0219. The van der Waals surface area contributed by atoms with Crippen LogP contribution in [0.3, 0.4) is 0 Å². The summed E-state index contributed by atoms with van der Waals surface area (Å²) in [4.78, 5) is 21.9. The highest BCUT2D eigenvalue weighted by molar-refractivity contribution is 6.04. The molecule has 2 rings (SSSR count). The summed E-state index contributed by atoms with van der Waals surface area (Å²) in [6.45, 7) is 3.79. The van der Waals surface area contributed by atoms with Gasteiger partial charge in [0, 0.05) is 29.7 Å². The number of anilines is 1. The molecule has 0 bridgehead atoms. The lowest BCUT2D eigenvalue weighted by atomic mass is 9.88. The molecule has 1 aromatic carbocycles. The standard InChI is InChI=1S/C11H12N2O3/c1-11(2)6-10(14)8-4-3-7(13(15)16)5-9(8)12-11/h3-5,12H,6H2,1-2H3. The number of ketones is 1. The summed E-state index contributed by atoms with van der Waals surface area (Å²) in [6.07, 6.45) is 0.401. The first kappa shape index (κ1) is 10.6. The van der Waals surface area contributed by atoms with Gasteiger partial charge in [0.2, 0.25) is 0 Å². The molecule has 5 heteroatoms. The van der Waals surface area contributed by atoms with Crippen molar-refractivity contribution in [1.29, 1.82) is 0 Å². The predicted molar refractivity (Wildman–Crippen MR) is 59.7 cm³/mol. The molecule has 1 N–H and O–H groups in total. The Balaban J connectivity index is 2.50. The van der Waals surface area contributed by atoms with E-state index in [1.807, 2.05) is 13.8 Å². The second-order valence-electron chi connectivity index (χ2n) is 4.60. The monoisotopic (exact) mass is 220 g/mol. The molecule has 0 saturated heterocycles. The molecule has 0 fully saturated rings. The van der Waals surface area contributed by atoms with Crippen LogP contribution in [-0.2, 0) is 0 Å². The van der Waals surface area contributed by atoms with E-state index in [4.69, 9.17) is 0 Å². The molecule has 0 atom stereocenters. The minimum Gasteiger partial charge on any atom is -0.379 e. The second kappa shape index (κ2) is 3.30. The molecule has 16 heavy (non-hydrogen) atoms. The van der Waals surface area contributed by atoms with Crippen molar-refractivity contribution in [1.82, 2.24) is 0 Å². The first-order valence-electron chi connectivity index (χ1n) is 4.99. The molecule has 0 amide bonds. The predicted octanol–water partition coefficient (Wildman–Crippen LogP) is 2.37. The first-order chi connectivity index (χ1) is 7.39. The number of rotatable bonds is 1. The second-order valence-corrected chi connectivity index (χ2v) is 4.60. The zero-order valence-corrected chi connectivity index (χ0v) is 9.11. The third-order valence-corrected chi connectivity index (χ3v) is 2.59. The summed E-state index contributed by atoms with van der Waals surface area (Å²) < 4.78 is 0. The van der Waals surface area contributed by atoms with E-state index in [0.717, 1.165) is 0 Å². The molecule has 1 heterocycles. The maximum atomic E-state index is 11.8. The van der Waals surface area contributed by atoms with Gasteiger partial charge in [-0.05, 0) is 19.9 Å². The highest BCUT2D eigenvalue weighted by Crippen LogP contribution is 2.32. The summed E-state index contributed by atoms with van der Waals surface area (Å²) in [6, 6.07) is 4.28. The Labute approximate surface area is 92.6 Å². The van der Waals surface area contributed by atoms with Gasteiger partial charge in [-0.15, -0.1) is 0 Å². The minimum absolute atomic E-state index is 0.00301. The van der Waals surface area contributed by atoms with E-state index in [1.165, 1.54) is 18.2 Å². The zero-order chi connectivity index (χ0) is 11.9. The highest BCUT2D eigenvalue weighted by atomic mass is 16.6. The van der Waals surface area contributed by atoms with Gasteiger partial charge < -0.3 is 5.32 Å².